The van der Waals surface area contributed by atoms with Crippen molar-refractivity contribution in [3.05, 3.63) is 73.7 Å². The summed E-state index contributed by atoms with van der Waals surface area (Å²) in [7, 11) is 0. The number of nitrogens with zero attached hydrogens (tertiary/aromatic N) is 2. The zero-order chi connectivity index (χ0) is 22.4. The van der Waals surface area contributed by atoms with Crippen molar-refractivity contribution in [2.45, 2.75) is 19.4 Å². The minimum atomic E-state index is -0.641. The molecule has 0 spiro atoms. The van der Waals surface area contributed by atoms with E-state index in [-0.39, 0.29) is 49.1 Å². The van der Waals surface area contributed by atoms with Crippen LogP contribution in [0.25, 0.3) is 11.1 Å². The van der Waals surface area contributed by atoms with Gasteiger partial charge < -0.3 is 15.1 Å². The third kappa shape index (κ3) is 5.48. The van der Waals surface area contributed by atoms with E-state index in [1.165, 1.54) is 22.8 Å². The van der Waals surface area contributed by atoms with E-state index in [9.17, 15) is 24.5 Å². The van der Waals surface area contributed by atoms with Gasteiger partial charge in [-0.1, -0.05) is 23.7 Å². The molecule has 3 rings (SSSR count). The number of aryl methyl sites for hydroxylation is 1. The van der Waals surface area contributed by atoms with Crippen LogP contribution in [0.2, 0.25) is 5.02 Å². The van der Waals surface area contributed by atoms with Crippen molar-refractivity contribution in [2.24, 2.45) is 0 Å². The predicted molar refractivity (Wildman–Crippen MR) is 113 cm³/mol. The van der Waals surface area contributed by atoms with Crippen LogP contribution in [0.1, 0.15) is 23.2 Å². The van der Waals surface area contributed by atoms with Crippen LogP contribution in [0.5, 0.6) is 0 Å². The Morgan fingerprint density at radius 1 is 1.13 bits per heavy atom. The number of oxazole rings is 1. The summed E-state index contributed by atoms with van der Waals surface area (Å²) in [5, 5.41) is 16.5. The summed E-state index contributed by atoms with van der Waals surface area (Å²) >= 11 is 5.96. The molecular weight excluding hydrogens is 428 g/mol. The van der Waals surface area contributed by atoms with E-state index in [0.717, 1.165) is 0 Å². The highest BCUT2D eigenvalue weighted by molar-refractivity contribution is 6.33. The summed E-state index contributed by atoms with van der Waals surface area (Å²) in [6.45, 7) is 0.702. The molecule has 11 heteroatoms. The van der Waals surface area contributed by atoms with Crippen molar-refractivity contribution in [1.82, 2.24) is 15.2 Å². The Hall–Kier alpha value is -3.66. The van der Waals surface area contributed by atoms with Gasteiger partial charge in [-0.15, -0.1) is 0 Å². The van der Waals surface area contributed by atoms with Gasteiger partial charge in [-0.25, -0.2) is 4.79 Å². The lowest BCUT2D eigenvalue weighted by molar-refractivity contribution is -0.384. The first-order valence-electron chi connectivity index (χ1n) is 9.44. The highest BCUT2D eigenvalue weighted by Crippen LogP contribution is 2.20. The standard InChI is InChI=1S/C20H19ClN4O6/c21-15-5-2-1-4-14(15)19(27)23-10-9-22-18(26)6-3-11-24-16-8-7-13(25(29)30)12-17(16)31-20(24)28/h1-2,4-5,7-8,12H,3,6,9-11H2,(H,22,26)(H,23,27). The van der Waals surface area contributed by atoms with Gasteiger partial charge in [-0.3, -0.25) is 24.3 Å². The largest absolute Gasteiger partial charge is 0.419 e. The lowest BCUT2D eigenvalue weighted by Gasteiger charge is -2.08. The van der Waals surface area contributed by atoms with Crippen LogP contribution in [0, 0.1) is 10.1 Å². The first kappa shape index (κ1) is 22.0. The van der Waals surface area contributed by atoms with Crippen LogP contribution < -0.4 is 16.4 Å². The van der Waals surface area contributed by atoms with Crippen molar-refractivity contribution < 1.29 is 18.9 Å². The number of fused-ring (bicyclic) bond motifs is 1. The van der Waals surface area contributed by atoms with Crippen molar-refractivity contribution in [3.63, 3.8) is 0 Å². The number of nitrogens with one attached hydrogen (secondary N) is 2. The van der Waals surface area contributed by atoms with Gasteiger partial charge in [0.2, 0.25) is 5.91 Å². The summed E-state index contributed by atoms with van der Waals surface area (Å²) in [4.78, 5) is 46.2. The molecule has 1 aromatic heterocycles. The Morgan fingerprint density at radius 2 is 1.87 bits per heavy atom. The molecule has 0 aliphatic heterocycles. The van der Waals surface area contributed by atoms with Crippen LogP contribution in [-0.4, -0.2) is 34.4 Å². The molecule has 0 aliphatic rings. The molecule has 31 heavy (non-hydrogen) atoms. The summed E-state index contributed by atoms with van der Waals surface area (Å²) in [6.07, 6.45) is 0.522. The summed E-state index contributed by atoms with van der Waals surface area (Å²) in [6, 6.07) is 10.6. The second kappa shape index (κ2) is 9.90. The minimum absolute atomic E-state index is 0.123. The molecular formula is C20H19ClN4O6. The summed E-state index contributed by atoms with van der Waals surface area (Å²) < 4.78 is 6.38. The van der Waals surface area contributed by atoms with E-state index in [1.807, 2.05) is 0 Å². The molecule has 0 saturated carbocycles. The number of halogens is 1. The maximum absolute atomic E-state index is 12.0. The molecule has 2 amide bonds. The molecule has 10 nitrogen and oxygen atoms in total. The highest BCUT2D eigenvalue weighted by Gasteiger charge is 2.14. The van der Waals surface area contributed by atoms with E-state index in [4.69, 9.17) is 16.0 Å². The fourth-order valence-electron chi connectivity index (χ4n) is 2.99. The molecule has 0 bridgehead atoms. The lowest BCUT2D eigenvalue weighted by Crippen LogP contribution is -2.34. The van der Waals surface area contributed by atoms with Gasteiger partial charge in [-0.2, -0.15) is 0 Å². The zero-order valence-corrected chi connectivity index (χ0v) is 17.1. The summed E-state index contributed by atoms with van der Waals surface area (Å²) in [5.74, 6) is -1.20. The Labute approximate surface area is 180 Å². The molecule has 0 atom stereocenters. The number of nitro benzene ring substituents is 1. The van der Waals surface area contributed by atoms with Crippen LogP contribution in [-0.2, 0) is 11.3 Å². The highest BCUT2D eigenvalue weighted by atomic mass is 35.5. The van der Waals surface area contributed by atoms with Gasteiger partial charge >= 0.3 is 5.76 Å². The van der Waals surface area contributed by atoms with E-state index in [0.29, 0.717) is 22.5 Å². The van der Waals surface area contributed by atoms with Crippen LogP contribution in [0.4, 0.5) is 5.69 Å². The Bertz CT molecular complexity index is 1190. The first-order chi connectivity index (χ1) is 14.9. The second-order valence-electron chi connectivity index (χ2n) is 6.62. The maximum Gasteiger partial charge on any atom is 0.419 e. The Morgan fingerprint density at radius 3 is 2.61 bits per heavy atom. The molecule has 0 aliphatic carbocycles. The van der Waals surface area contributed by atoms with Gasteiger partial charge in [0.1, 0.15) is 0 Å². The molecule has 1 heterocycles. The average Bonchev–Trinajstić information content (AvgIpc) is 3.05. The number of non-ortho nitro benzene ring substituents is 1. The third-order valence-corrected chi connectivity index (χ3v) is 4.83. The first-order valence-corrected chi connectivity index (χ1v) is 9.82. The number of rotatable bonds is 9. The predicted octanol–water partition coefficient (Wildman–Crippen LogP) is 2.48. The fraction of sp³-hybridized carbons (Fsp3) is 0.250. The van der Waals surface area contributed by atoms with E-state index >= 15 is 0 Å². The normalized spacial score (nSPS) is 10.7. The maximum atomic E-state index is 12.0. The molecule has 2 aromatic carbocycles. The smallest absolute Gasteiger partial charge is 0.407 e. The molecule has 2 N–H and O–H groups in total. The molecule has 0 fully saturated rings. The molecule has 0 saturated heterocycles. The topological polar surface area (TPSA) is 136 Å². The Balaban J connectivity index is 1.43. The number of hydrogen-bond donors (Lipinski definition) is 2. The quantitative estimate of drug-likeness (QED) is 0.294. The second-order valence-corrected chi connectivity index (χ2v) is 7.03. The Kier molecular flexibility index (Phi) is 7.03. The van der Waals surface area contributed by atoms with Gasteiger partial charge in [0.15, 0.2) is 5.58 Å². The number of carbonyl (C=O) groups excluding carboxylic acids is 2. The van der Waals surface area contributed by atoms with Crippen LogP contribution in [0.15, 0.2) is 51.7 Å². The van der Waals surface area contributed by atoms with Crippen molar-refractivity contribution in [2.75, 3.05) is 13.1 Å². The summed E-state index contributed by atoms with van der Waals surface area (Å²) in [5.41, 5.74) is 0.740. The van der Waals surface area contributed by atoms with Crippen molar-refractivity contribution >= 4 is 40.2 Å². The van der Waals surface area contributed by atoms with Crippen LogP contribution >= 0.6 is 11.6 Å². The van der Waals surface area contributed by atoms with Gasteiger partial charge in [0.05, 0.1) is 27.1 Å². The minimum Gasteiger partial charge on any atom is -0.407 e. The number of carbonyl (C=O) groups is 2. The number of amides is 2. The molecule has 162 valence electrons. The van der Waals surface area contributed by atoms with Crippen molar-refractivity contribution in [3.8, 4) is 0 Å². The average molecular weight is 447 g/mol. The number of hydrogen-bond acceptors (Lipinski definition) is 6. The van der Waals surface area contributed by atoms with Gasteiger partial charge in [0, 0.05) is 32.1 Å². The van der Waals surface area contributed by atoms with Gasteiger partial charge in [-0.05, 0) is 24.6 Å². The number of nitro groups is 1. The lowest BCUT2D eigenvalue weighted by atomic mass is 10.2. The molecule has 0 radical (unpaired) electrons. The SMILES string of the molecule is O=C(CCCn1c(=O)oc2cc([N+](=O)[O-])ccc21)NCCNC(=O)c1ccccc1Cl. The van der Waals surface area contributed by atoms with Crippen LogP contribution in [0.3, 0.4) is 0 Å². The number of benzene rings is 2. The monoisotopic (exact) mass is 446 g/mol. The van der Waals surface area contributed by atoms with E-state index < -0.39 is 10.7 Å². The number of aromatic nitrogens is 1. The zero-order valence-electron chi connectivity index (χ0n) is 16.3. The van der Waals surface area contributed by atoms with E-state index in [1.54, 1.807) is 24.3 Å². The molecule has 3 aromatic rings. The molecule has 0 unspecified atom stereocenters. The third-order valence-electron chi connectivity index (χ3n) is 4.50. The van der Waals surface area contributed by atoms with Gasteiger partial charge in [0.25, 0.3) is 11.6 Å². The fourth-order valence-corrected chi connectivity index (χ4v) is 3.21. The van der Waals surface area contributed by atoms with E-state index in [2.05, 4.69) is 10.6 Å². The van der Waals surface area contributed by atoms with Crippen molar-refractivity contribution in [1.29, 1.82) is 0 Å².